The topological polar surface area (TPSA) is 81.8 Å². The van der Waals surface area contributed by atoms with Crippen molar-refractivity contribution in [3.05, 3.63) is 46.4 Å². The van der Waals surface area contributed by atoms with Crippen molar-refractivity contribution in [2.24, 2.45) is 5.10 Å². The first-order valence-electron chi connectivity index (χ1n) is 9.11. The SMILES string of the molecule is COc1cc(/C=N/n2c(SC)nnc2-c2ccc(OC(C)(C)C)cc2)c(Br)cc1O. The Morgan fingerprint density at radius 1 is 1.17 bits per heavy atom. The van der Waals surface area contributed by atoms with Crippen molar-refractivity contribution in [3.8, 4) is 28.6 Å². The van der Waals surface area contributed by atoms with Gasteiger partial charge in [-0.15, -0.1) is 10.2 Å². The van der Waals surface area contributed by atoms with E-state index in [-0.39, 0.29) is 11.4 Å². The lowest BCUT2D eigenvalue weighted by atomic mass is 10.1. The van der Waals surface area contributed by atoms with Gasteiger partial charge in [0.2, 0.25) is 5.16 Å². The molecule has 3 aromatic rings. The van der Waals surface area contributed by atoms with Gasteiger partial charge in [0, 0.05) is 15.6 Å². The molecule has 9 heteroatoms. The van der Waals surface area contributed by atoms with Crippen LogP contribution in [0.2, 0.25) is 0 Å². The summed E-state index contributed by atoms with van der Waals surface area (Å²) < 4.78 is 13.4. The summed E-state index contributed by atoms with van der Waals surface area (Å²) in [5.41, 5.74) is 1.34. The molecule has 1 heterocycles. The molecule has 158 valence electrons. The highest BCUT2D eigenvalue weighted by Crippen LogP contribution is 2.32. The molecular formula is C21H23BrN4O3S. The summed E-state index contributed by atoms with van der Waals surface area (Å²) in [5, 5.41) is 23.7. The molecule has 1 N–H and O–H groups in total. The zero-order valence-corrected chi connectivity index (χ0v) is 19.8. The van der Waals surface area contributed by atoms with Gasteiger partial charge in [-0.25, -0.2) is 0 Å². The molecule has 0 fully saturated rings. The Morgan fingerprint density at radius 3 is 2.47 bits per heavy atom. The first-order chi connectivity index (χ1) is 14.2. The average molecular weight is 491 g/mol. The van der Waals surface area contributed by atoms with Crippen LogP contribution in [0.3, 0.4) is 0 Å². The number of methoxy groups -OCH3 is 1. The third-order valence-electron chi connectivity index (χ3n) is 3.94. The largest absolute Gasteiger partial charge is 0.504 e. The maximum absolute atomic E-state index is 9.90. The number of ether oxygens (including phenoxy) is 2. The van der Waals surface area contributed by atoms with Gasteiger partial charge in [-0.3, -0.25) is 0 Å². The minimum atomic E-state index is -0.267. The molecule has 0 aliphatic rings. The van der Waals surface area contributed by atoms with E-state index in [0.29, 0.717) is 21.2 Å². The summed E-state index contributed by atoms with van der Waals surface area (Å²) in [5.74, 6) is 1.81. The van der Waals surface area contributed by atoms with Crippen LogP contribution in [-0.2, 0) is 0 Å². The number of thioether (sulfide) groups is 1. The van der Waals surface area contributed by atoms with E-state index >= 15 is 0 Å². The van der Waals surface area contributed by atoms with Crippen LogP contribution in [0.25, 0.3) is 11.4 Å². The molecule has 0 aliphatic heterocycles. The number of halogens is 1. The molecule has 0 spiro atoms. The molecule has 0 saturated heterocycles. The van der Waals surface area contributed by atoms with E-state index in [4.69, 9.17) is 9.47 Å². The lowest BCUT2D eigenvalue weighted by Crippen LogP contribution is -2.22. The molecule has 0 saturated carbocycles. The fraction of sp³-hybridized carbons (Fsp3) is 0.286. The zero-order chi connectivity index (χ0) is 21.9. The van der Waals surface area contributed by atoms with Crippen molar-refractivity contribution in [1.82, 2.24) is 14.9 Å². The van der Waals surface area contributed by atoms with E-state index in [1.807, 2.05) is 51.3 Å². The van der Waals surface area contributed by atoms with Gasteiger partial charge in [0.05, 0.1) is 13.3 Å². The first-order valence-corrected chi connectivity index (χ1v) is 11.1. The zero-order valence-electron chi connectivity index (χ0n) is 17.4. The molecule has 0 radical (unpaired) electrons. The Bertz CT molecular complexity index is 1060. The highest BCUT2D eigenvalue weighted by atomic mass is 79.9. The van der Waals surface area contributed by atoms with E-state index in [2.05, 4.69) is 31.2 Å². The Hall–Kier alpha value is -2.52. The lowest BCUT2D eigenvalue weighted by molar-refractivity contribution is 0.131. The molecule has 1 aromatic heterocycles. The number of hydrogen-bond donors (Lipinski definition) is 1. The van der Waals surface area contributed by atoms with Gasteiger partial charge >= 0.3 is 0 Å². The molecule has 0 aliphatic carbocycles. The van der Waals surface area contributed by atoms with Crippen molar-refractivity contribution in [2.45, 2.75) is 31.5 Å². The summed E-state index contributed by atoms with van der Waals surface area (Å²) in [7, 11) is 1.50. The molecule has 0 atom stereocenters. The number of phenolic OH excluding ortho intramolecular Hbond substituents is 1. The van der Waals surface area contributed by atoms with E-state index in [1.165, 1.54) is 18.9 Å². The number of benzene rings is 2. The highest BCUT2D eigenvalue weighted by Gasteiger charge is 2.15. The van der Waals surface area contributed by atoms with Crippen LogP contribution in [0, 0.1) is 0 Å². The second kappa shape index (κ2) is 9.09. The van der Waals surface area contributed by atoms with E-state index in [0.717, 1.165) is 16.9 Å². The number of phenols is 1. The van der Waals surface area contributed by atoms with E-state index in [9.17, 15) is 5.11 Å². The van der Waals surface area contributed by atoms with Gasteiger partial charge in [-0.2, -0.15) is 9.78 Å². The van der Waals surface area contributed by atoms with E-state index < -0.39 is 0 Å². The number of hydrogen-bond acceptors (Lipinski definition) is 7. The van der Waals surface area contributed by atoms with Crippen LogP contribution in [0.1, 0.15) is 26.3 Å². The highest BCUT2D eigenvalue weighted by molar-refractivity contribution is 9.10. The molecule has 0 amide bonds. The molecule has 0 bridgehead atoms. The number of rotatable bonds is 6. The molecule has 2 aromatic carbocycles. The fourth-order valence-electron chi connectivity index (χ4n) is 2.64. The quantitative estimate of drug-likeness (QED) is 0.377. The van der Waals surface area contributed by atoms with Crippen LogP contribution < -0.4 is 9.47 Å². The van der Waals surface area contributed by atoms with Gasteiger partial charge in [-0.05, 0) is 79.4 Å². The molecule has 0 unspecified atom stereocenters. The van der Waals surface area contributed by atoms with Crippen LogP contribution in [0.4, 0.5) is 0 Å². The number of aromatic hydroxyl groups is 1. The molecular weight excluding hydrogens is 468 g/mol. The summed E-state index contributed by atoms with van der Waals surface area (Å²) in [4.78, 5) is 0. The second-order valence-corrected chi connectivity index (χ2v) is 8.98. The van der Waals surface area contributed by atoms with Crippen LogP contribution >= 0.6 is 27.7 Å². The van der Waals surface area contributed by atoms with Crippen molar-refractivity contribution in [2.75, 3.05) is 13.4 Å². The molecule has 30 heavy (non-hydrogen) atoms. The fourth-order valence-corrected chi connectivity index (χ4v) is 3.51. The van der Waals surface area contributed by atoms with Crippen LogP contribution in [0.15, 0.2) is 51.1 Å². The van der Waals surface area contributed by atoms with Gasteiger partial charge < -0.3 is 14.6 Å². The third kappa shape index (κ3) is 5.14. The maximum Gasteiger partial charge on any atom is 0.212 e. The Balaban J connectivity index is 1.96. The minimum absolute atomic E-state index is 0.0499. The van der Waals surface area contributed by atoms with Crippen molar-refractivity contribution in [1.29, 1.82) is 0 Å². The molecule has 3 rings (SSSR count). The van der Waals surface area contributed by atoms with E-state index in [1.54, 1.807) is 23.0 Å². The molecule has 7 nitrogen and oxygen atoms in total. The summed E-state index contributed by atoms with van der Waals surface area (Å²) in [6.45, 7) is 6.02. The van der Waals surface area contributed by atoms with Crippen molar-refractivity contribution >= 4 is 33.9 Å². The second-order valence-electron chi connectivity index (χ2n) is 7.35. The summed E-state index contributed by atoms with van der Waals surface area (Å²) in [6.07, 6.45) is 3.58. The minimum Gasteiger partial charge on any atom is -0.504 e. The third-order valence-corrected chi connectivity index (χ3v) is 5.25. The van der Waals surface area contributed by atoms with Crippen LogP contribution in [0.5, 0.6) is 17.2 Å². The Labute approximate surface area is 188 Å². The maximum atomic E-state index is 9.90. The summed E-state index contributed by atoms with van der Waals surface area (Å²) in [6, 6.07) is 10.9. The average Bonchev–Trinajstić information content (AvgIpc) is 3.09. The number of nitrogens with zero attached hydrogens (tertiary/aromatic N) is 4. The smallest absolute Gasteiger partial charge is 0.212 e. The van der Waals surface area contributed by atoms with Gasteiger partial charge in [0.15, 0.2) is 17.3 Å². The van der Waals surface area contributed by atoms with Gasteiger partial charge in [-0.1, -0.05) is 11.8 Å². The van der Waals surface area contributed by atoms with Gasteiger partial charge in [0.25, 0.3) is 0 Å². The monoisotopic (exact) mass is 490 g/mol. The Kier molecular flexibility index (Phi) is 6.72. The van der Waals surface area contributed by atoms with Crippen molar-refractivity contribution < 1.29 is 14.6 Å². The normalized spacial score (nSPS) is 11.8. The summed E-state index contributed by atoms with van der Waals surface area (Å²) >= 11 is 4.89. The lowest BCUT2D eigenvalue weighted by Gasteiger charge is -2.21. The number of aromatic nitrogens is 3. The first kappa shape index (κ1) is 22.2. The van der Waals surface area contributed by atoms with Crippen molar-refractivity contribution in [3.63, 3.8) is 0 Å². The van der Waals surface area contributed by atoms with Gasteiger partial charge in [0.1, 0.15) is 11.4 Å². The predicted molar refractivity (Wildman–Crippen MR) is 123 cm³/mol. The Morgan fingerprint density at radius 2 is 1.87 bits per heavy atom. The predicted octanol–water partition coefficient (Wildman–Crippen LogP) is 5.20. The standard InChI is InChI=1S/C21H23BrN4O3S/c1-21(2,3)29-15-8-6-13(7-9-15)19-24-25-20(30-5)26(19)23-12-14-10-18(28-4)17(27)11-16(14)22/h6-12,27H,1-5H3/b23-12+. The van der Waals surface area contributed by atoms with Crippen LogP contribution in [-0.4, -0.2) is 45.2 Å².